The molecule has 1 saturated heterocycles. The SMILES string of the molecule is COc1ccc(CC2CCN(C(=O)c3ncccc3C)C2)cc1. The van der Waals surface area contributed by atoms with Crippen LogP contribution >= 0.6 is 0 Å². The van der Waals surface area contributed by atoms with E-state index in [4.69, 9.17) is 4.74 Å². The van der Waals surface area contributed by atoms with Crippen LogP contribution in [0.4, 0.5) is 0 Å². The fourth-order valence-corrected chi connectivity index (χ4v) is 3.14. The number of hydrogen-bond acceptors (Lipinski definition) is 3. The molecule has 0 radical (unpaired) electrons. The summed E-state index contributed by atoms with van der Waals surface area (Å²) in [5.74, 6) is 1.44. The van der Waals surface area contributed by atoms with Gasteiger partial charge in [0.15, 0.2) is 0 Å². The molecule has 2 heterocycles. The molecular weight excluding hydrogens is 288 g/mol. The van der Waals surface area contributed by atoms with Crippen molar-refractivity contribution in [3.05, 3.63) is 59.4 Å². The minimum Gasteiger partial charge on any atom is -0.497 e. The summed E-state index contributed by atoms with van der Waals surface area (Å²) < 4.78 is 5.19. The maximum Gasteiger partial charge on any atom is 0.272 e. The molecule has 23 heavy (non-hydrogen) atoms. The Bertz CT molecular complexity index is 682. The Morgan fingerprint density at radius 3 is 2.78 bits per heavy atom. The van der Waals surface area contributed by atoms with E-state index >= 15 is 0 Å². The molecule has 0 N–H and O–H groups in total. The number of likely N-dealkylation sites (tertiary alicyclic amines) is 1. The molecule has 0 spiro atoms. The van der Waals surface area contributed by atoms with Crippen LogP contribution in [0.25, 0.3) is 0 Å². The van der Waals surface area contributed by atoms with Crippen LogP contribution in [0, 0.1) is 12.8 Å². The molecule has 1 amide bonds. The predicted molar refractivity (Wildman–Crippen MR) is 89.7 cm³/mol. The summed E-state index contributed by atoms with van der Waals surface area (Å²) in [4.78, 5) is 18.8. The molecule has 1 unspecified atom stereocenters. The van der Waals surface area contributed by atoms with E-state index in [9.17, 15) is 4.79 Å². The molecule has 1 aromatic carbocycles. The molecule has 1 aliphatic rings. The Labute approximate surface area is 137 Å². The number of benzene rings is 1. The van der Waals surface area contributed by atoms with Gasteiger partial charge >= 0.3 is 0 Å². The third kappa shape index (κ3) is 3.52. The van der Waals surface area contributed by atoms with E-state index in [2.05, 4.69) is 17.1 Å². The molecule has 0 bridgehead atoms. The Balaban J connectivity index is 1.62. The van der Waals surface area contributed by atoms with Gasteiger partial charge in [-0.25, -0.2) is 0 Å². The highest BCUT2D eigenvalue weighted by atomic mass is 16.5. The van der Waals surface area contributed by atoms with Crippen molar-refractivity contribution >= 4 is 5.91 Å². The Morgan fingerprint density at radius 2 is 2.09 bits per heavy atom. The second-order valence-corrected chi connectivity index (χ2v) is 6.13. The summed E-state index contributed by atoms with van der Waals surface area (Å²) in [6.07, 6.45) is 3.73. The van der Waals surface area contributed by atoms with Gasteiger partial charge in [-0.05, 0) is 55.0 Å². The largest absolute Gasteiger partial charge is 0.497 e. The molecular formula is C19H22N2O2. The summed E-state index contributed by atoms with van der Waals surface area (Å²) in [5.41, 5.74) is 2.81. The van der Waals surface area contributed by atoms with Crippen molar-refractivity contribution in [2.45, 2.75) is 19.8 Å². The van der Waals surface area contributed by atoms with Crippen LogP contribution in [-0.2, 0) is 6.42 Å². The first-order chi connectivity index (χ1) is 11.2. The van der Waals surface area contributed by atoms with Crippen LogP contribution in [0.1, 0.15) is 28.0 Å². The lowest BCUT2D eigenvalue weighted by atomic mass is 9.99. The van der Waals surface area contributed by atoms with Gasteiger partial charge in [0.2, 0.25) is 0 Å². The number of rotatable bonds is 4. The Hall–Kier alpha value is -2.36. The number of amides is 1. The van der Waals surface area contributed by atoms with Gasteiger partial charge in [0.05, 0.1) is 7.11 Å². The average molecular weight is 310 g/mol. The highest BCUT2D eigenvalue weighted by Gasteiger charge is 2.28. The molecule has 4 nitrogen and oxygen atoms in total. The number of pyridine rings is 1. The molecule has 1 aliphatic heterocycles. The summed E-state index contributed by atoms with van der Waals surface area (Å²) >= 11 is 0. The standard InChI is InChI=1S/C19H22N2O2/c1-14-4-3-10-20-18(14)19(22)21-11-9-16(13-21)12-15-5-7-17(23-2)8-6-15/h3-8,10,16H,9,11-13H2,1-2H3. The lowest BCUT2D eigenvalue weighted by molar-refractivity contribution is 0.0780. The normalized spacial score (nSPS) is 17.3. The summed E-state index contributed by atoms with van der Waals surface area (Å²) in [6, 6.07) is 12.0. The fraction of sp³-hybridized carbons (Fsp3) is 0.368. The molecule has 1 atom stereocenters. The van der Waals surface area contributed by atoms with Gasteiger partial charge in [0, 0.05) is 19.3 Å². The predicted octanol–water partition coefficient (Wildman–Crippen LogP) is 3.10. The van der Waals surface area contributed by atoms with Gasteiger partial charge in [-0.3, -0.25) is 9.78 Å². The molecule has 4 heteroatoms. The minimum atomic E-state index is 0.0559. The molecule has 120 valence electrons. The highest BCUT2D eigenvalue weighted by molar-refractivity contribution is 5.93. The second-order valence-electron chi connectivity index (χ2n) is 6.13. The number of carbonyl (C=O) groups excluding carboxylic acids is 1. The van der Waals surface area contributed by atoms with E-state index in [1.165, 1.54) is 5.56 Å². The topological polar surface area (TPSA) is 42.4 Å². The van der Waals surface area contributed by atoms with Crippen molar-refractivity contribution in [2.75, 3.05) is 20.2 Å². The zero-order valence-electron chi connectivity index (χ0n) is 13.7. The first-order valence-corrected chi connectivity index (χ1v) is 8.01. The number of aryl methyl sites for hydroxylation is 1. The zero-order valence-corrected chi connectivity index (χ0v) is 13.7. The van der Waals surface area contributed by atoms with Crippen molar-refractivity contribution in [2.24, 2.45) is 5.92 Å². The molecule has 3 rings (SSSR count). The van der Waals surface area contributed by atoms with Gasteiger partial charge in [0.1, 0.15) is 11.4 Å². The van der Waals surface area contributed by atoms with Crippen molar-refractivity contribution in [3.63, 3.8) is 0 Å². The minimum absolute atomic E-state index is 0.0559. The third-order valence-electron chi connectivity index (χ3n) is 4.47. The van der Waals surface area contributed by atoms with E-state index in [1.54, 1.807) is 13.3 Å². The molecule has 0 saturated carbocycles. The molecule has 0 aliphatic carbocycles. The Kier molecular flexibility index (Phi) is 4.60. The lowest BCUT2D eigenvalue weighted by Gasteiger charge is -2.17. The first-order valence-electron chi connectivity index (χ1n) is 8.01. The fourth-order valence-electron chi connectivity index (χ4n) is 3.14. The molecule has 1 aromatic heterocycles. The molecule has 2 aromatic rings. The van der Waals surface area contributed by atoms with Crippen molar-refractivity contribution in [1.82, 2.24) is 9.88 Å². The highest BCUT2D eigenvalue weighted by Crippen LogP contribution is 2.23. The maximum absolute atomic E-state index is 12.6. The Morgan fingerprint density at radius 1 is 1.30 bits per heavy atom. The van der Waals surface area contributed by atoms with Gasteiger partial charge in [-0.15, -0.1) is 0 Å². The van der Waals surface area contributed by atoms with Crippen LogP contribution in [0.2, 0.25) is 0 Å². The number of hydrogen-bond donors (Lipinski definition) is 0. The van der Waals surface area contributed by atoms with E-state index in [1.807, 2.05) is 36.1 Å². The monoisotopic (exact) mass is 310 g/mol. The van der Waals surface area contributed by atoms with Crippen LogP contribution in [-0.4, -0.2) is 36.0 Å². The van der Waals surface area contributed by atoms with Crippen LogP contribution in [0.5, 0.6) is 5.75 Å². The number of carbonyl (C=O) groups is 1. The third-order valence-corrected chi connectivity index (χ3v) is 4.47. The first kappa shape index (κ1) is 15.5. The second kappa shape index (κ2) is 6.82. The van der Waals surface area contributed by atoms with Crippen molar-refractivity contribution in [1.29, 1.82) is 0 Å². The van der Waals surface area contributed by atoms with E-state index < -0.39 is 0 Å². The summed E-state index contributed by atoms with van der Waals surface area (Å²) in [6.45, 7) is 3.56. The molecule has 1 fully saturated rings. The number of methoxy groups -OCH3 is 1. The zero-order chi connectivity index (χ0) is 16.2. The van der Waals surface area contributed by atoms with Crippen LogP contribution < -0.4 is 4.74 Å². The van der Waals surface area contributed by atoms with E-state index in [0.717, 1.165) is 37.2 Å². The smallest absolute Gasteiger partial charge is 0.272 e. The van der Waals surface area contributed by atoms with E-state index in [0.29, 0.717) is 11.6 Å². The van der Waals surface area contributed by atoms with Gasteiger partial charge in [-0.1, -0.05) is 18.2 Å². The van der Waals surface area contributed by atoms with E-state index in [-0.39, 0.29) is 5.91 Å². The maximum atomic E-state index is 12.6. The van der Waals surface area contributed by atoms with Gasteiger partial charge in [0.25, 0.3) is 5.91 Å². The number of ether oxygens (including phenoxy) is 1. The van der Waals surface area contributed by atoms with Crippen molar-refractivity contribution < 1.29 is 9.53 Å². The van der Waals surface area contributed by atoms with Gasteiger partial charge in [-0.2, -0.15) is 0 Å². The van der Waals surface area contributed by atoms with Crippen LogP contribution in [0.3, 0.4) is 0 Å². The summed E-state index contributed by atoms with van der Waals surface area (Å²) in [7, 11) is 1.68. The average Bonchev–Trinajstić information content (AvgIpc) is 3.04. The van der Waals surface area contributed by atoms with Crippen molar-refractivity contribution in [3.8, 4) is 5.75 Å². The summed E-state index contributed by atoms with van der Waals surface area (Å²) in [5, 5.41) is 0. The number of nitrogens with zero attached hydrogens (tertiary/aromatic N) is 2. The van der Waals surface area contributed by atoms with Crippen LogP contribution in [0.15, 0.2) is 42.6 Å². The number of aromatic nitrogens is 1. The lowest BCUT2D eigenvalue weighted by Crippen LogP contribution is -2.30. The van der Waals surface area contributed by atoms with Gasteiger partial charge < -0.3 is 9.64 Å². The quantitative estimate of drug-likeness (QED) is 0.871.